The molecular weight excluding hydrogens is 286 g/mol. The molecule has 0 heterocycles. The summed E-state index contributed by atoms with van der Waals surface area (Å²) in [5.41, 5.74) is 1.77. The van der Waals surface area contributed by atoms with Gasteiger partial charge in [-0.2, -0.15) is 0 Å². The molecule has 1 rings (SSSR count). The molecule has 22 heavy (non-hydrogen) atoms. The van der Waals surface area contributed by atoms with Crippen molar-refractivity contribution in [3.8, 4) is 0 Å². The maximum absolute atomic E-state index is 11.9. The second-order valence-electron chi connectivity index (χ2n) is 4.77. The van der Waals surface area contributed by atoms with Crippen LogP contribution in [0.3, 0.4) is 0 Å². The molecule has 0 saturated heterocycles. The number of carboxylic acids is 1. The van der Waals surface area contributed by atoms with Gasteiger partial charge in [0.2, 0.25) is 5.91 Å². The molecule has 0 aliphatic rings. The first-order valence-corrected chi connectivity index (χ1v) is 7.21. The fourth-order valence-corrected chi connectivity index (χ4v) is 1.81. The predicted octanol–water partition coefficient (Wildman–Crippen LogP) is 1.43. The summed E-state index contributed by atoms with van der Waals surface area (Å²) in [5.74, 6) is -1.37. The van der Waals surface area contributed by atoms with Gasteiger partial charge in [0, 0.05) is 24.9 Å². The van der Waals surface area contributed by atoms with Crippen LogP contribution in [0.2, 0.25) is 0 Å². The second kappa shape index (κ2) is 9.68. The molecule has 0 radical (unpaired) electrons. The van der Waals surface area contributed by atoms with Crippen LogP contribution in [0.1, 0.15) is 35.7 Å². The summed E-state index contributed by atoms with van der Waals surface area (Å²) in [7, 11) is 0. The Morgan fingerprint density at radius 1 is 1.14 bits per heavy atom. The SMILES string of the molecule is CCc1ccc(C(=O)CCC(=O)NCCOCC(=O)O)cc1. The summed E-state index contributed by atoms with van der Waals surface area (Å²) in [6.45, 7) is 2.01. The molecule has 0 aromatic heterocycles. The maximum Gasteiger partial charge on any atom is 0.329 e. The number of carboxylic acid groups (broad SMARTS) is 1. The minimum absolute atomic E-state index is 0.0695. The van der Waals surface area contributed by atoms with E-state index in [0.717, 1.165) is 12.0 Å². The lowest BCUT2D eigenvalue weighted by Crippen LogP contribution is -2.28. The van der Waals surface area contributed by atoms with Crippen LogP contribution in [0.5, 0.6) is 0 Å². The zero-order valence-electron chi connectivity index (χ0n) is 12.6. The minimum atomic E-state index is -1.05. The van der Waals surface area contributed by atoms with Gasteiger partial charge in [0.05, 0.1) is 6.61 Å². The van der Waals surface area contributed by atoms with Crippen LogP contribution in [0, 0.1) is 0 Å². The number of hydrogen-bond acceptors (Lipinski definition) is 4. The van der Waals surface area contributed by atoms with Crippen LogP contribution in [0.15, 0.2) is 24.3 Å². The van der Waals surface area contributed by atoms with Crippen molar-refractivity contribution in [2.24, 2.45) is 0 Å². The van der Waals surface area contributed by atoms with E-state index < -0.39 is 5.97 Å². The number of aliphatic carboxylic acids is 1. The lowest BCUT2D eigenvalue weighted by Gasteiger charge is -2.05. The molecule has 0 fully saturated rings. The third kappa shape index (κ3) is 6.99. The highest BCUT2D eigenvalue weighted by Crippen LogP contribution is 2.08. The van der Waals surface area contributed by atoms with E-state index in [9.17, 15) is 14.4 Å². The number of aryl methyl sites for hydroxylation is 1. The van der Waals surface area contributed by atoms with Gasteiger partial charge in [-0.1, -0.05) is 31.2 Å². The van der Waals surface area contributed by atoms with Crippen molar-refractivity contribution in [2.45, 2.75) is 26.2 Å². The van der Waals surface area contributed by atoms with E-state index in [1.165, 1.54) is 0 Å². The Labute approximate surface area is 129 Å². The standard InChI is InChI=1S/C16H21NO5/c1-2-12-3-5-13(6-4-12)14(18)7-8-15(19)17-9-10-22-11-16(20)21/h3-6H,2,7-11H2,1H3,(H,17,19)(H,20,21). The van der Waals surface area contributed by atoms with Gasteiger partial charge in [-0.25, -0.2) is 4.79 Å². The molecular formula is C16H21NO5. The third-order valence-corrected chi connectivity index (χ3v) is 3.06. The van der Waals surface area contributed by atoms with E-state index in [-0.39, 0.29) is 44.3 Å². The van der Waals surface area contributed by atoms with Crippen LogP contribution in [-0.2, 0) is 20.7 Å². The number of amides is 1. The molecule has 0 spiro atoms. The largest absolute Gasteiger partial charge is 0.480 e. The molecule has 0 aliphatic heterocycles. The van der Waals surface area contributed by atoms with E-state index >= 15 is 0 Å². The average Bonchev–Trinajstić information content (AvgIpc) is 2.52. The van der Waals surface area contributed by atoms with Crippen molar-refractivity contribution >= 4 is 17.7 Å². The number of ether oxygens (including phenoxy) is 1. The van der Waals surface area contributed by atoms with Gasteiger partial charge in [-0.05, 0) is 12.0 Å². The Bertz CT molecular complexity index is 510. The predicted molar refractivity (Wildman–Crippen MR) is 80.8 cm³/mol. The molecule has 0 unspecified atom stereocenters. The summed E-state index contributed by atoms with van der Waals surface area (Å²) >= 11 is 0. The fourth-order valence-electron chi connectivity index (χ4n) is 1.81. The number of carbonyl (C=O) groups is 3. The summed E-state index contributed by atoms with van der Waals surface area (Å²) in [5, 5.41) is 10.9. The number of benzene rings is 1. The number of carbonyl (C=O) groups excluding carboxylic acids is 2. The monoisotopic (exact) mass is 307 g/mol. The highest BCUT2D eigenvalue weighted by Gasteiger charge is 2.09. The normalized spacial score (nSPS) is 10.2. The highest BCUT2D eigenvalue weighted by atomic mass is 16.5. The molecule has 0 bridgehead atoms. The van der Waals surface area contributed by atoms with Crippen molar-refractivity contribution in [3.05, 3.63) is 35.4 Å². The Morgan fingerprint density at radius 2 is 1.82 bits per heavy atom. The van der Waals surface area contributed by atoms with Crippen LogP contribution >= 0.6 is 0 Å². The molecule has 0 aliphatic carbocycles. The molecule has 120 valence electrons. The molecule has 6 nitrogen and oxygen atoms in total. The van der Waals surface area contributed by atoms with E-state index in [0.29, 0.717) is 5.56 Å². The zero-order valence-corrected chi connectivity index (χ0v) is 12.6. The molecule has 1 aromatic carbocycles. The average molecular weight is 307 g/mol. The first-order valence-electron chi connectivity index (χ1n) is 7.21. The molecule has 1 aromatic rings. The van der Waals surface area contributed by atoms with Crippen molar-refractivity contribution in [2.75, 3.05) is 19.8 Å². The summed E-state index contributed by atoms with van der Waals surface area (Å²) in [6.07, 6.45) is 1.17. The van der Waals surface area contributed by atoms with E-state index in [4.69, 9.17) is 9.84 Å². The highest BCUT2D eigenvalue weighted by molar-refractivity contribution is 5.97. The smallest absolute Gasteiger partial charge is 0.329 e. The second-order valence-corrected chi connectivity index (χ2v) is 4.77. The van der Waals surface area contributed by atoms with Crippen LogP contribution in [0.4, 0.5) is 0 Å². The molecule has 2 N–H and O–H groups in total. The van der Waals surface area contributed by atoms with Gasteiger partial charge in [0.1, 0.15) is 6.61 Å². The fraction of sp³-hybridized carbons (Fsp3) is 0.438. The van der Waals surface area contributed by atoms with Crippen LogP contribution in [0.25, 0.3) is 0 Å². The van der Waals surface area contributed by atoms with E-state index in [1.54, 1.807) is 12.1 Å². The minimum Gasteiger partial charge on any atom is -0.480 e. The number of rotatable bonds is 10. The topological polar surface area (TPSA) is 92.7 Å². The van der Waals surface area contributed by atoms with Gasteiger partial charge < -0.3 is 15.2 Å². The molecule has 0 saturated carbocycles. The van der Waals surface area contributed by atoms with Crippen molar-refractivity contribution in [1.82, 2.24) is 5.32 Å². The first-order chi connectivity index (χ1) is 10.5. The maximum atomic E-state index is 11.9. The van der Waals surface area contributed by atoms with Gasteiger partial charge >= 0.3 is 5.97 Å². The Hall–Kier alpha value is -2.21. The van der Waals surface area contributed by atoms with E-state index in [1.807, 2.05) is 19.1 Å². The molecule has 0 atom stereocenters. The zero-order chi connectivity index (χ0) is 16.4. The molecule has 6 heteroatoms. The van der Waals surface area contributed by atoms with Crippen molar-refractivity contribution in [3.63, 3.8) is 0 Å². The number of ketones is 1. The first kappa shape index (κ1) is 17.8. The van der Waals surface area contributed by atoms with Gasteiger partial charge in [-0.3, -0.25) is 9.59 Å². The number of nitrogens with one attached hydrogen (secondary N) is 1. The Morgan fingerprint density at radius 3 is 2.41 bits per heavy atom. The third-order valence-electron chi connectivity index (χ3n) is 3.06. The lowest BCUT2D eigenvalue weighted by atomic mass is 10.0. The Kier molecular flexibility index (Phi) is 7.85. The summed E-state index contributed by atoms with van der Waals surface area (Å²) in [4.78, 5) is 33.7. The quantitative estimate of drug-likeness (QED) is 0.504. The van der Waals surface area contributed by atoms with Crippen LogP contribution < -0.4 is 5.32 Å². The van der Waals surface area contributed by atoms with Crippen molar-refractivity contribution in [1.29, 1.82) is 0 Å². The van der Waals surface area contributed by atoms with Crippen molar-refractivity contribution < 1.29 is 24.2 Å². The Balaban J connectivity index is 2.22. The number of Topliss-reactive ketones (excluding diaryl/α,β-unsaturated/α-hetero) is 1. The summed E-state index contributed by atoms with van der Waals surface area (Å²) in [6, 6.07) is 7.37. The van der Waals surface area contributed by atoms with Gasteiger partial charge in [0.25, 0.3) is 0 Å². The van der Waals surface area contributed by atoms with E-state index in [2.05, 4.69) is 5.32 Å². The number of hydrogen-bond donors (Lipinski definition) is 2. The lowest BCUT2D eigenvalue weighted by molar-refractivity contribution is -0.142. The van der Waals surface area contributed by atoms with Crippen LogP contribution in [-0.4, -0.2) is 42.5 Å². The van der Waals surface area contributed by atoms with Gasteiger partial charge in [-0.15, -0.1) is 0 Å². The van der Waals surface area contributed by atoms with Gasteiger partial charge in [0.15, 0.2) is 5.78 Å². The summed E-state index contributed by atoms with van der Waals surface area (Å²) < 4.78 is 4.78. The molecule has 1 amide bonds.